The second-order valence-electron chi connectivity index (χ2n) is 5.18. The minimum absolute atomic E-state index is 0.0409. The maximum Gasteiger partial charge on any atom is 0.247 e. The second kappa shape index (κ2) is 6.68. The van der Waals surface area contributed by atoms with Crippen LogP contribution in [0.2, 0.25) is 0 Å². The molecule has 0 saturated heterocycles. The number of ether oxygens (including phenoxy) is 1. The third-order valence-corrected chi connectivity index (χ3v) is 3.09. The predicted molar refractivity (Wildman–Crippen MR) is 77.8 cm³/mol. The highest BCUT2D eigenvalue weighted by Gasteiger charge is 2.15. The highest BCUT2D eigenvalue weighted by molar-refractivity contribution is 5.77. The lowest BCUT2D eigenvalue weighted by atomic mass is 10.1. The van der Waals surface area contributed by atoms with Gasteiger partial charge in [0.05, 0.1) is 12.4 Å². The van der Waals surface area contributed by atoms with Crippen LogP contribution in [0, 0.1) is 5.92 Å². The molecule has 0 aliphatic heterocycles. The lowest BCUT2D eigenvalue weighted by molar-refractivity contribution is 0.140. The van der Waals surface area contributed by atoms with E-state index in [2.05, 4.69) is 15.0 Å². The highest BCUT2D eigenvalue weighted by atomic mass is 16.5. The number of anilines is 1. The monoisotopic (exact) mass is 295 g/mol. The van der Waals surface area contributed by atoms with Crippen molar-refractivity contribution in [3.05, 3.63) is 6.33 Å². The summed E-state index contributed by atoms with van der Waals surface area (Å²) >= 11 is 0. The van der Waals surface area contributed by atoms with Crippen LogP contribution in [-0.2, 0) is 6.54 Å². The van der Waals surface area contributed by atoms with Gasteiger partial charge in [0.15, 0.2) is 11.2 Å². The molecule has 0 bridgehead atoms. The number of rotatable bonds is 7. The number of nitrogen functional groups attached to an aromatic ring is 1. The number of imidazole rings is 1. The van der Waals surface area contributed by atoms with Crippen LogP contribution in [0.15, 0.2) is 6.33 Å². The lowest BCUT2D eigenvalue weighted by Gasteiger charge is -2.12. The van der Waals surface area contributed by atoms with Gasteiger partial charge in [-0.15, -0.1) is 0 Å². The first kappa shape index (κ1) is 15.5. The molecule has 0 amide bonds. The van der Waals surface area contributed by atoms with E-state index in [1.807, 2.05) is 18.4 Å². The van der Waals surface area contributed by atoms with Gasteiger partial charge < -0.3 is 25.3 Å². The molecule has 0 aliphatic rings. The number of hydrogen-bond donors (Lipinski definition) is 3. The van der Waals surface area contributed by atoms with Crippen LogP contribution >= 0.6 is 0 Å². The molecule has 8 heteroatoms. The predicted octanol–water partition coefficient (Wildman–Crippen LogP) is 0.187. The molecule has 0 fully saturated rings. The average molecular weight is 295 g/mol. The summed E-state index contributed by atoms with van der Waals surface area (Å²) in [4.78, 5) is 12.5. The van der Waals surface area contributed by atoms with Crippen LogP contribution in [-0.4, -0.2) is 49.0 Å². The Balaban J connectivity index is 2.28. The molecule has 116 valence electrons. The number of aliphatic hydroxyl groups excluding tert-OH is 2. The molecule has 0 atom stereocenters. The first-order chi connectivity index (χ1) is 10.0. The lowest BCUT2D eigenvalue weighted by Crippen LogP contribution is -2.14. The molecule has 2 heterocycles. The summed E-state index contributed by atoms with van der Waals surface area (Å²) in [5.74, 6) is 0.334. The Kier molecular flexibility index (Phi) is 4.92. The SMILES string of the molecule is CC(C)Oc1nc(N)nc2c1ncn2CCC(CO)CO. The maximum atomic E-state index is 9.10. The van der Waals surface area contributed by atoms with Crippen molar-refractivity contribution < 1.29 is 14.9 Å². The summed E-state index contributed by atoms with van der Waals surface area (Å²) in [5, 5.41) is 18.2. The van der Waals surface area contributed by atoms with E-state index in [-0.39, 0.29) is 31.2 Å². The zero-order valence-corrected chi connectivity index (χ0v) is 12.2. The Hall–Kier alpha value is -1.93. The molecular formula is C13H21N5O3. The van der Waals surface area contributed by atoms with Crippen molar-refractivity contribution in [1.82, 2.24) is 19.5 Å². The van der Waals surface area contributed by atoms with Gasteiger partial charge in [0.2, 0.25) is 11.8 Å². The standard InChI is InChI=1S/C13H21N5O3/c1-8(2)21-12-10-11(16-13(14)17-12)18(7-15-10)4-3-9(5-19)6-20/h7-9,19-20H,3-6H2,1-2H3,(H2,14,16,17). The molecule has 2 aromatic heterocycles. The third kappa shape index (κ3) is 3.59. The van der Waals surface area contributed by atoms with Crippen LogP contribution in [0.1, 0.15) is 20.3 Å². The van der Waals surface area contributed by atoms with E-state index in [0.29, 0.717) is 30.0 Å². The molecular weight excluding hydrogens is 274 g/mol. The molecule has 8 nitrogen and oxygen atoms in total. The van der Waals surface area contributed by atoms with Crippen molar-refractivity contribution in [2.75, 3.05) is 18.9 Å². The Morgan fingerprint density at radius 3 is 2.62 bits per heavy atom. The topological polar surface area (TPSA) is 119 Å². The number of nitrogens with two attached hydrogens (primary N) is 1. The minimum Gasteiger partial charge on any atom is -0.473 e. The molecule has 0 radical (unpaired) electrons. The Morgan fingerprint density at radius 1 is 1.29 bits per heavy atom. The molecule has 0 unspecified atom stereocenters. The zero-order chi connectivity index (χ0) is 15.4. The zero-order valence-electron chi connectivity index (χ0n) is 12.2. The number of aryl methyl sites for hydroxylation is 1. The van der Waals surface area contributed by atoms with Gasteiger partial charge in [-0.1, -0.05) is 0 Å². The van der Waals surface area contributed by atoms with Gasteiger partial charge in [-0.05, 0) is 20.3 Å². The molecule has 0 aromatic carbocycles. The van der Waals surface area contributed by atoms with Crippen LogP contribution in [0.25, 0.3) is 11.2 Å². The largest absolute Gasteiger partial charge is 0.473 e. The van der Waals surface area contributed by atoms with Gasteiger partial charge in [0, 0.05) is 25.7 Å². The normalized spacial score (nSPS) is 11.7. The number of fused-ring (bicyclic) bond motifs is 1. The molecule has 4 N–H and O–H groups in total. The molecule has 0 aliphatic carbocycles. The molecule has 0 saturated carbocycles. The van der Waals surface area contributed by atoms with Crippen molar-refractivity contribution >= 4 is 17.1 Å². The Bertz CT molecular complexity index is 595. The molecule has 2 rings (SSSR count). The quantitative estimate of drug-likeness (QED) is 0.666. The van der Waals surface area contributed by atoms with Crippen LogP contribution < -0.4 is 10.5 Å². The maximum absolute atomic E-state index is 9.10. The third-order valence-electron chi connectivity index (χ3n) is 3.09. The van der Waals surface area contributed by atoms with E-state index < -0.39 is 0 Å². The van der Waals surface area contributed by atoms with Gasteiger partial charge in [0.25, 0.3) is 0 Å². The van der Waals surface area contributed by atoms with Crippen LogP contribution in [0.4, 0.5) is 5.95 Å². The molecule has 2 aromatic rings. The number of aromatic nitrogens is 4. The van der Waals surface area contributed by atoms with Crippen molar-refractivity contribution in [2.45, 2.75) is 32.9 Å². The van der Waals surface area contributed by atoms with Gasteiger partial charge in [-0.3, -0.25) is 0 Å². The summed E-state index contributed by atoms with van der Waals surface area (Å²) in [7, 11) is 0. The average Bonchev–Trinajstić information content (AvgIpc) is 2.82. The van der Waals surface area contributed by atoms with E-state index in [0.717, 1.165) is 0 Å². The molecule has 0 spiro atoms. The van der Waals surface area contributed by atoms with E-state index in [1.54, 1.807) is 6.33 Å². The number of nitrogens with zero attached hydrogens (tertiary/aromatic N) is 4. The minimum atomic E-state index is -0.159. The van der Waals surface area contributed by atoms with Crippen molar-refractivity contribution in [2.24, 2.45) is 5.92 Å². The Morgan fingerprint density at radius 2 is 2.00 bits per heavy atom. The summed E-state index contributed by atoms with van der Waals surface area (Å²) in [6.45, 7) is 4.26. The summed E-state index contributed by atoms with van der Waals surface area (Å²) in [5.41, 5.74) is 6.86. The number of aliphatic hydroxyl groups is 2. The van der Waals surface area contributed by atoms with Gasteiger partial charge >= 0.3 is 0 Å². The van der Waals surface area contributed by atoms with E-state index in [1.165, 1.54) is 0 Å². The van der Waals surface area contributed by atoms with Gasteiger partial charge in [0.1, 0.15) is 0 Å². The summed E-state index contributed by atoms with van der Waals surface area (Å²) < 4.78 is 7.42. The van der Waals surface area contributed by atoms with Crippen molar-refractivity contribution in [3.63, 3.8) is 0 Å². The van der Waals surface area contributed by atoms with E-state index >= 15 is 0 Å². The van der Waals surface area contributed by atoms with Crippen LogP contribution in [0.3, 0.4) is 0 Å². The first-order valence-electron chi connectivity index (χ1n) is 6.91. The Labute approximate surface area is 122 Å². The van der Waals surface area contributed by atoms with Crippen molar-refractivity contribution in [1.29, 1.82) is 0 Å². The fourth-order valence-electron chi connectivity index (χ4n) is 1.97. The smallest absolute Gasteiger partial charge is 0.247 e. The molecule has 21 heavy (non-hydrogen) atoms. The first-order valence-corrected chi connectivity index (χ1v) is 6.91. The van der Waals surface area contributed by atoms with Crippen LogP contribution in [0.5, 0.6) is 5.88 Å². The summed E-state index contributed by atoms with van der Waals surface area (Å²) in [6, 6.07) is 0. The van der Waals surface area contributed by atoms with Gasteiger partial charge in [-0.2, -0.15) is 9.97 Å². The van der Waals surface area contributed by atoms with E-state index in [4.69, 9.17) is 20.7 Å². The van der Waals surface area contributed by atoms with E-state index in [9.17, 15) is 0 Å². The second-order valence-corrected chi connectivity index (χ2v) is 5.18. The van der Waals surface area contributed by atoms with Gasteiger partial charge in [-0.25, -0.2) is 4.98 Å². The summed E-state index contributed by atoms with van der Waals surface area (Å²) in [6.07, 6.45) is 2.21. The fraction of sp³-hybridized carbons (Fsp3) is 0.615. The fourth-order valence-corrected chi connectivity index (χ4v) is 1.97. The van der Waals surface area contributed by atoms with Crippen molar-refractivity contribution in [3.8, 4) is 5.88 Å². The highest BCUT2D eigenvalue weighted by Crippen LogP contribution is 2.23. The number of hydrogen-bond acceptors (Lipinski definition) is 7.